The van der Waals surface area contributed by atoms with E-state index in [4.69, 9.17) is 4.74 Å². The molecule has 0 spiro atoms. The second-order valence-corrected chi connectivity index (χ2v) is 6.11. The van der Waals surface area contributed by atoms with Crippen LogP contribution in [0, 0.1) is 0 Å². The first kappa shape index (κ1) is 15.8. The van der Waals surface area contributed by atoms with Crippen molar-refractivity contribution in [3.63, 3.8) is 0 Å². The highest BCUT2D eigenvalue weighted by Crippen LogP contribution is 2.23. The zero-order chi connectivity index (χ0) is 17.2. The van der Waals surface area contributed by atoms with Gasteiger partial charge in [0.2, 0.25) is 0 Å². The largest absolute Gasteiger partial charge is 0.476 e. The molecule has 128 valence electrons. The molecule has 1 saturated heterocycles. The number of rotatable bonds is 4. The van der Waals surface area contributed by atoms with Crippen molar-refractivity contribution >= 4 is 11.6 Å². The molecule has 0 radical (unpaired) electrons. The number of fused-ring (bicyclic) bond motifs is 1. The standard InChI is InChI=1S/C19H19N3O3/c23-19(24)18-16(13-21-8-10-25-11-9-21)22-12-15(6-7-17(22)20-18)14-4-2-1-3-5-14/h1-7,12H,8-11,13H2,(H,23,24). The zero-order valence-electron chi connectivity index (χ0n) is 13.8. The molecule has 1 fully saturated rings. The average Bonchev–Trinajstić information content (AvgIpc) is 3.01. The maximum Gasteiger partial charge on any atom is 0.356 e. The third-order valence-corrected chi connectivity index (χ3v) is 4.50. The molecule has 4 rings (SSSR count). The minimum absolute atomic E-state index is 0.122. The van der Waals surface area contributed by atoms with Crippen LogP contribution in [0.15, 0.2) is 48.7 Å². The first-order valence-corrected chi connectivity index (χ1v) is 8.32. The number of carboxylic acids is 1. The molecule has 0 aliphatic carbocycles. The number of hydrogen-bond acceptors (Lipinski definition) is 4. The van der Waals surface area contributed by atoms with Gasteiger partial charge in [0.1, 0.15) is 5.65 Å². The van der Waals surface area contributed by atoms with Gasteiger partial charge in [-0.05, 0) is 23.3 Å². The van der Waals surface area contributed by atoms with Crippen LogP contribution >= 0.6 is 0 Å². The minimum atomic E-state index is -0.992. The summed E-state index contributed by atoms with van der Waals surface area (Å²) in [4.78, 5) is 18.2. The van der Waals surface area contributed by atoms with E-state index in [-0.39, 0.29) is 5.69 Å². The first-order chi connectivity index (χ1) is 12.2. The number of benzene rings is 1. The summed E-state index contributed by atoms with van der Waals surface area (Å²) in [7, 11) is 0. The Morgan fingerprint density at radius 2 is 1.84 bits per heavy atom. The molecule has 3 heterocycles. The molecule has 0 saturated carbocycles. The molecule has 1 aliphatic rings. The molecule has 25 heavy (non-hydrogen) atoms. The average molecular weight is 337 g/mol. The van der Waals surface area contributed by atoms with Gasteiger partial charge in [0, 0.05) is 25.8 Å². The number of morpholine rings is 1. The van der Waals surface area contributed by atoms with Crippen LogP contribution in [0.25, 0.3) is 16.8 Å². The van der Waals surface area contributed by atoms with Gasteiger partial charge in [-0.15, -0.1) is 0 Å². The van der Waals surface area contributed by atoms with E-state index in [2.05, 4.69) is 9.88 Å². The number of pyridine rings is 1. The Morgan fingerprint density at radius 3 is 2.56 bits per heavy atom. The molecule has 6 heteroatoms. The lowest BCUT2D eigenvalue weighted by Gasteiger charge is -2.26. The van der Waals surface area contributed by atoms with Crippen LogP contribution in [0.3, 0.4) is 0 Å². The SMILES string of the molecule is O=C(O)c1nc2ccc(-c3ccccc3)cn2c1CN1CCOCC1. The summed E-state index contributed by atoms with van der Waals surface area (Å²) in [6, 6.07) is 13.9. The van der Waals surface area contributed by atoms with Gasteiger partial charge in [-0.2, -0.15) is 0 Å². The van der Waals surface area contributed by atoms with Gasteiger partial charge in [0.25, 0.3) is 0 Å². The number of nitrogens with zero attached hydrogens (tertiary/aromatic N) is 3. The summed E-state index contributed by atoms with van der Waals surface area (Å²) in [6.07, 6.45) is 1.97. The summed E-state index contributed by atoms with van der Waals surface area (Å²) in [5.74, 6) is -0.992. The molecular weight excluding hydrogens is 318 g/mol. The van der Waals surface area contributed by atoms with E-state index >= 15 is 0 Å². The van der Waals surface area contributed by atoms with E-state index in [1.54, 1.807) is 0 Å². The third kappa shape index (κ3) is 3.14. The predicted molar refractivity (Wildman–Crippen MR) is 93.7 cm³/mol. The lowest BCUT2D eigenvalue weighted by molar-refractivity contribution is 0.0332. The van der Waals surface area contributed by atoms with Crippen molar-refractivity contribution in [1.82, 2.24) is 14.3 Å². The van der Waals surface area contributed by atoms with Crippen molar-refractivity contribution in [2.75, 3.05) is 26.3 Å². The fraction of sp³-hybridized carbons (Fsp3) is 0.263. The van der Waals surface area contributed by atoms with Gasteiger partial charge in [0.15, 0.2) is 5.69 Å². The van der Waals surface area contributed by atoms with E-state index in [1.807, 2.05) is 53.1 Å². The van der Waals surface area contributed by atoms with E-state index in [1.165, 1.54) is 0 Å². The van der Waals surface area contributed by atoms with Gasteiger partial charge >= 0.3 is 5.97 Å². The number of aromatic nitrogens is 2. The van der Waals surface area contributed by atoms with E-state index in [0.29, 0.717) is 31.1 Å². The number of hydrogen-bond donors (Lipinski definition) is 1. The van der Waals surface area contributed by atoms with Crippen molar-refractivity contribution in [3.05, 3.63) is 60.0 Å². The van der Waals surface area contributed by atoms with Crippen molar-refractivity contribution in [2.45, 2.75) is 6.54 Å². The van der Waals surface area contributed by atoms with Crippen LogP contribution in [-0.4, -0.2) is 51.7 Å². The fourth-order valence-electron chi connectivity index (χ4n) is 3.19. The maximum atomic E-state index is 11.7. The van der Waals surface area contributed by atoms with E-state index in [9.17, 15) is 9.90 Å². The third-order valence-electron chi connectivity index (χ3n) is 4.50. The molecule has 0 bridgehead atoms. The second-order valence-electron chi connectivity index (χ2n) is 6.11. The van der Waals surface area contributed by atoms with Crippen molar-refractivity contribution in [2.24, 2.45) is 0 Å². The predicted octanol–water partition coefficient (Wildman–Crippen LogP) is 2.53. The first-order valence-electron chi connectivity index (χ1n) is 8.32. The van der Waals surface area contributed by atoms with Crippen LogP contribution in [-0.2, 0) is 11.3 Å². The Bertz CT molecular complexity index is 899. The molecule has 3 aromatic rings. The summed E-state index contributed by atoms with van der Waals surface area (Å²) < 4.78 is 7.28. The molecule has 1 aromatic carbocycles. The van der Waals surface area contributed by atoms with Gasteiger partial charge in [-0.25, -0.2) is 9.78 Å². The quantitative estimate of drug-likeness (QED) is 0.792. The Kier molecular flexibility index (Phi) is 4.21. The van der Waals surface area contributed by atoms with Crippen molar-refractivity contribution in [3.8, 4) is 11.1 Å². The summed E-state index contributed by atoms with van der Waals surface area (Å²) in [5.41, 5.74) is 3.61. The molecule has 0 unspecified atom stereocenters. The smallest absolute Gasteiger partial charge is 0.356 e. The number of aromatic carboxylic acids is 1. The van der Waals surface area contributed by atoms with Gasteiger partial charge in [0.05, 0.1) is 18.9 Å². The number of carboxylic acid groups (broad SMARTS) is 1. The van der Waals surface area contributed by atoms with Gasteiger partial charge in [-0.3, -0.25) is 4.90 Å². The molecular formula is C19H19N3O3. The van der Waals surface area contributed by atoms with E-state index in [0.717, 1.165) is 24.2 Å². The summed E-state index contributed by atoms with van der Waals surface area (Å²) in [6.45, 7) is 3.49. The molecule has 1 N–H and O–H groups in total. The van der Waals surface area contributed by atoms with Gasteiger partial charge < -0.3 is 14.2 Å². The number of ether oxygens (including phenoxy) is 1. The van der Waals surface area contributed by atoms with Crippen molar-refractivity contribution in [1.29, 1.82) is 0 Å². The number of imidazole rings is 1. The van der Waals surface area contributed by atoms with Crippen LogP contribution < -0.4 is 0 Å². The molecule has 1 aliphatic heterocycles. The molecule has 0 amide bonds. The minimum Gasteiger partial charge on any atom is -0.476 e. The topological polar surface area (TPSA) is 67.1 Å². The fourth-order valence-corrected chi connectivity index (χ4v) is 3.19. The second kappa shape index (κ2) is 6.66. The summed E-state index contributed by atoms with van der Waals surface area (Å²) >= 11 is 0. The molecule has 0 atom stereocenters. The lowest BCUT2D eigenvalue weighted by atomic mass is 10.1. The maximum absolute atomic E-state index is 11.7. The summed E-state index contributed by atoms with van der Waals surface area (Å²) in [5, 5.41) is 9.56. The Balaban J connectivity index is 1.79. The molecule has 2 aromatic heterocycles. The van der Waals surface area contributed by atoms with Gasteiger partial charge in [-0.1, -0.05) is 30.3 Å². The monoisotopic (exact) mass is 337 g/mol. The Hall–Kier alpha value is -2.70. The normalized spacial score (nSPS) is 15.5. The zero-order valence-corrected chi connectivity index (χ0v) is 13.8. The highest BCUT2D eigenvalue weighted by molar-refractivity contribution is 5.88. The van der Waals surface area contributed by atoms with Crippen LogP contribution in [0.4, 0.5) is 0 Å². The van der Waals surface area contributed by atoms with E-state index < -0.39 is 5.97 Å². The lowest BCUT2D eigenvalue weighted by Crippen LogP contribution is -2.36. The highest BCUT2D eigenvalue weighted by Gasteiger charge is 2.21. The molecule has 6 nitrogen and oxygen atoms in total. The number of carbonyl (C=O) groups is 1. The van der Waals surface area contributed by atoms with Crippen LogP contribution in [0.2, 0.25) is 0 Å². The van der Waals surface area contributed by atoms with Crippen LogP contribution in [0.1, 0.15) is 16.2 Å². The Morgan fingerprint density at radius 1 is 1.08 bits per heavy atom. The highest BCUT2D eigenvalue weighted by atomic mass is 16.5. The Labute approximate surface area is 145 Å². The van der Waals surface area contributed by atoms with Crippen molar-refractivity contribution < 1.29 is 14.6 Å². The van der Waals surface area contributed by atoms with Crippen LogP contribution in [0.5, 0.6) is 0 Å².